The second-order valence-corrected chi connectivity index (χ2v) is 7.25. The molecule has 31 heavy (non-hydrogen) atoms. The lowest BCUT2D eigenvalue weighted by Crippen LogP contribution is -2.30. The van der Waals surface area contributed by atoms with Crippen LogP contribution in [0.3, 0.4) is 0 Å². The van der Waals surface area contributed by atoms with Gasteiger partial charge in [-0.05, 0) is 48.9 Å². The molecule has 3 aromatic rings. The van der Waals surface area contributed by atoms with Crippen LogP contribution >= 0.6 is 0 Å². The van der Waals surface area contributed by atoms with Gasteiger partial charge < -0.3 is 14.1 Å². The Morgan fingerprint density at radius 3 is 2.35 bits per heavy atom. The molecule has 0 spiro atoms. The van der Waals surface area contributed by atoms with E-state index in [0.717, 1.165) is 0 Å². The monoisotopic (exact) mass is 418 g/mol. The molecule has 3 amide bonds. The number of hydrogen-bond donors (Lipinski definition) is 0. The maximum absolute atomic E-state index is 13.1. The van der Waals surface area contributed by atoms with Crippen LogP contribution in [0.1, 0.15) is 49.3 Å². The largest absolute Gasteiger partial charge is 0.493 e. The average molecular weight is 418 g/mol. The van der Waals surface area contributed by atoms with Gasteiger partial charge in [-0.3, -0.25) is 19.3 Å². The zero-order valence-corrected chi connectivity index (χ0v) is 17.3. The van der Waals surface area contributed by atoms with Gasteiger partial charge in [0.1, 0.15) is 11.5 Å². The van der Waals surface area contributed by atoms with E-state index >= 15 is 0 Å². The normalized spacial score (nSPS) is 12.8. The van der Waals surface area contributed by atoms with Gasteiger partial charge in [-0.2, -0.15) is 0 Å². The van der Waals surface area contributed by atoms with Gasteiger partial charge in [0, 0.05) is 7.05 Å². The van der Waals surface area contributed by atoms with Crippen molar-refractivity contribution in [1.29, 1.82) is 0 Å². The smallest absolute Gasteiger partial charge is 0.261 e. The highest BCUT2D eigenvalue weighted by Gasteiger charge is 2.35. The highest BCUT2D eigenvalue weighted by molar-refractivity contribution is 6.21. The quantitative estimate of drug-likeness (QED) is 0.546. The summed E-state index contributed by atoms with van der Waals surface area (Å²) >= 11 is 0. The standard InChI is InChI=1S/C24H22N2O5/c1-3-30-21-11-10-16(13-20(21)22(27)25(2)15-17-7-6-12-31-17)14-26-23(28)18-8-4-5-9-19(18)24(26)29/h4-13H,3,14-15H2,1-2H3. The second kappa shape index (κ2) is 8.47. The van der Waals surface area contributed by atoms with Gasteiger partial charge in [0.25, 0.3) is 17.7 Å². The number of rotatable bonds is 7. The molecule has 0 atom stereocenters. The van der Waals surface area contributed by atoms with Gasteiger partial charge in [-0.15, -0.1) is 0 Å². The van der Waals surface area contributed by atoms with Gasteiger partial charge in [0.15, 0.2) is 0 Å². The molecule has 0 aliphatic carbocycles. The summed E-state index contributed by atoms with van der Waals surface area (Å²) in [5.74, 6) is 0.194. The van der Waals surface area contributed by atoms with Crippen molar-refractivity contribution in [3.8, 4) is 5.75 Å². The van der Waals surface area contributed by atoms with Crippen molar-refractivity contribution in [3.05, 3.63) is 88.9 Å². The van der Waals surface area contributed by atoms with Gasteiger partial charge in [0.2, 0.25) is 0 Å². The Morgan fingerprint density at radius 1 is 1.03 bits per heavy atom. The predicted molar refractivity (Wildman–Crippen MR) is 113 cm³/mol. The van der Waals surface area contributed by atoms with Crippen LogP contribution in [-0.2, 0) is 13.1 Å². The lowest BCUT2D eigenvalue weighted by molar-refractivity contribution is 0.0642. The number of carbonyl (C=O) groups excluding carboxylic acids is 3. The fraction of sp³-hybridized carbons (Fsp3) is 0.208. The fourth-order valence-corrected chi connectivity index (χ4v) is 3.60. The number of ether oxygens (including phenoxy) is 1. The summed E-state index contributed by atoms with van der Waals surface area (Å²) in [6.07, 6.45) is 1.56. The Labute approximate surface area is 179 Å². The minimum absolute atomic E-state index is 0.0704. The molecule has 0 fully saturated rings. The van der Waals surface area contributed by atoms with E-state index in [2.05, 4.69) is 0 Å². The average Bonchev–Trinajstić information content (AvgIpc) is 3.37. The third kappa shape index (κ3) is 3.94. The molecule has 0 saturated carbocycles. The van der Waals surface area contributed by atoms with Gasteiger partial charge in [-0.25, -0.2) is 0 Å². The fourth-order valence-electron chi connectivity index (χ4n) is 3.60. The second-order valence-electron chi connectivity index (χ2n) is 7.25. The van der Waals surface area contributed by atoms with Crippen molar-refractivity contribution < 1.29 is 23.5 Å². The van der Waals surface area contributed by atoms with Crippen LogP contribution in [0.5, 0.6) is 5.75 Å². The van der Waals surface area contributed by atoms with Crippen molar-refractivity contribution in [2.24, 2.45) is 0 Å². The molecule has 2 heterocycles. The van der Waals surface area contributed by atoms with E-state index in [9.17, 15) is 14.4 Å². The van der Waals surface area contributed by atoms with Crippen LogP contribution in [0.25, 0.3) is 0 Å². The van der Waals surface area contributed by atoms with E-state index in [-0.39, 0.29) is 24.3 Å². The van der Waals surface area contributed by atoms with Crippen LogP contribution < -0.4 is 4.74 Å². The van der Waals surface area contributed by atoms with Crippen molar-refractivity contribution >= 4 is 17.7 Å². The van der Waals surface area contributed by atoms with Crippen molar-refractivity contribution in [2.75, 3.05) is 13.7 Å². The van der Waals surface area contributed by atoms with Gasteiger partial charge in [-0.1, -0.05) is 18.2 Å². The number of imide groups is 1. The lowest BCUT2D eigenvalue weighted by Gasteiger charge is -2.20. The first-order valence-electron chi connectivity index (χ1n) is 9.98. The molecule has 158 valence electrons. The maximum atomic E-state index is 13.1. The number of hydrogen-bond acceptors (Lipinski definition) is 5. The molecule has 0 saturated heterocycles. The number of furan rings is 1. The number of nitrogens with zero attached hydrogens (tertiary/aromatic N) is 2. The summed E-state index contributed by atoms with van der Waals surface area (Å²) in [6, 6.07) is 15.5. The Kier molecular flexibility index (Phi) is 5.58. The summed E-state index contributed by atoms with van der Waals surface area (Å²) in [7, 11) is 1.68. The Bertz CT molecular complexity index is 1100. The van der Waals surface area contributed by atoms with E-state index < -0.39 is 0 Å². The molecule has 1 aliphatic rings. The van der Waals surface area contributed by atoms with Crippen LogP contribution in [0, 0.1) is 0 Å². The summed E-state index contributed by atoms with van der Waals surface area (Å²) in [5.41, 5.74) is 1.82. The van der Waals surface area contributed by atoms with Crippen LogP contribution in [0.4, 0.5) is 0 Å². The van der Waals surface area contributed by atoms with Crippen LogP contribution in [0.15, 0.2) is 65.3 Å². The molecule has 7 nitrogen and oxygen atoms in total. The first-order chi connectivity index (χ1) is 15.0. The highest BCUT2D eigenvalue weighted by atomic mass is 16.5. The molecule has 1 aliphatic heterocycles. The van der Waals surface area contributed by atoms with E-state index in [4.69, 9.17) is 9.15 Å². The molecule has 0 bridgehead atoms. The molecule has 0 unspecified atom stereocenters. The summed E-state index contributed by atoms with van der Waals surface area (Å²) in [4.78, 5) is 41.2. The van der Waals surface area contributed by atoms with Crippen molar-refractivity contribution in [1.82, 2.24) is 9.80 Å². The first kappa shape index (κ1) is 20.4. The topological polar surface area (TPSA) is 80.1 Å². The van der Waals surface area contributed by atoms with Gasteiger partial charge >= 0.3 is 0 Å². The molecule has 7 heteroatoms. The first-order valence-corrected chi connectivity index (χ1v) is 9.98. The van der Waals surface area contributed by atoms with E-state index in [1.165, 1.54) is 9.80 Å². The molecule has 0 N–H and O–H groups in total. The summed E-state index contributed by atoms with van der Waals surface area (Å²) in [5, 5.41) is 0. The third-order valence-corrected chi connectivity index (χ3v) is 5.11. The Balaban J connectivity index is 1.59. The minimum Gasteiger partial charge on any atom is -0.493 e. The summed E-state index contributed by atoms with van der Waals surface area (Å²) < 4.78 is 11.0. The van der Waals surface area contributed by atoms with E-state index in [0.29, 0.717) is 46.9 Å². The Hall–Kier alpha value is -3.87. The van der Waals surface area contributed by atoms with Crippen molar-refractivity contribution in [2.45, 2.75) is 20.0 Å². The van der Waals surface area contributed by atoms with E-state index in [1.807, 2.05) is 6.92 Å². The molecule has 0 radical (unpaired) electrons. The highest BCUT2D eigenvalue weighted by Crippen LogP contribution is 2.27. The Morgan fingerprint density at radius 2 is 1.74 bits per heavy atom. The maximum Gasteiger partial charge on any atom is 0.261 e. The minimum atomic E-state index is -0.336. The van der Waals surface area contributed by atoms with Crippen LogP contribution in [0.2, 0.25) is 0 Å². The lowest BCUT2D eigenvalue weighted by atomic mass is 10.1. The van der Waals surface area contributed by atoms with Crippen molar-refractivity contribution in [3.63, 3.8) is 0 Å². The SMILES string of the molecule is CCOc1ccc(CN2C(=O)c3ccccc3C2=O)cc1C(=O)N(C)Cc1ccco1. The molecular formula is C24H22N2O5. The molecular weight excluding hydrogens is 396 g/mol. The molecule has 4 rings (SSSR count). The number of fused-ring (bicyclic) bond motifs is 1. The molecule has 1 aromatic heterocycles. The zero-order valence-electron chi connectivity index (χ0n) is 17.3. The predicted octanol–water partition coefficient (Wildman–Crippen LogP) is 3.75. The third-order valence-electron chi connectivity index (χ3n) is 5.11. The summed E-state index contributed by atoms with van der Waals surface area (Å²) in [6.45, 7) is 2.62. The number of carbonyl (C=O) groups is 3. The number of benzene rings is 2. The van der Waals surface area contributed by atoms with Gasteiger partial charge in [0.05, 0.1) is 42.6 Å². The van der Waals surface area contributed by atoms with E-state index in [1.54, 1.807) is 67.9 Å². The molecule has 2 aromatic carbocycles. The number of amides is 3. The zero-order chi connectivity index (χ0) is 22.0. The van der Waals surface area contributed by atoms with Crippen LogP contribution in [-0.4, -0.2) is 41.2 Å².